The smallest absolute Gasteiger partial charge is 0.274 e. The molecule has 0 aliphatic heterocycles. The van der Waals surface area contributed by atoms with Crippen LogP contribution in [0.5, 0.6) is 0 Å². The molecule has 6 nitrogen and oxygen atoms in total. The summed E-state index contributed by atoms with van der Waals surface area (Å²) in [7, 11) is 0. The molecule has 0 aliphatic rings. The topological polar surface area (TPSA) is 96.7 Å². The van der Waals surface area contributed by atoms with E-state index in [9.17, 15) is 4.79 Å². The van der Waals surface area contributed by atoms with Crippen LogP contribution in [0.4, 0.5) is 5.95 Å². The molecule has 6 heteroatoms. The molecule has 1 aromatic carbocycles. The number of nitrogens with two attached hydrogens (primary N) is 1. The summed E-state index contributed by atoms with van der Waals surface area (Å²) in [4.78, 5) is 14.4. The lowest BCUT2D eigenvalue weighted by molar-refractivity contribution is 0.856. The highest BCUT2D eigenvalue weighted by Gasteiger charge is 2.05. The summed E-state index contributed by atoms with van der Waals surface area (Å²) in [6.07, 6.45) is 0.473. The zero-order chi connectivity index (χ0) is 12.8. The summed E-state index contributed by atoms with van der Waals surface area (Å²) >= 11 is 0. The minimum absolute atomic E-state index is 0.228. The van der Waals surface area contributed by atoms with E-state index < -0.39 is 0 Å². The lowest BCUT2D eigenvalue weighted by Crippen LogP contribution is -2.22. The van der Waals surface area contributed by atoms with E-state index in [1.165, 1.54) is 0 Å². The molecule has 0 radical (unpaired) electrons. The third-order valence-electron chi connectivity index (χ3n) is 2.42. The Bertz CT molecular complexity index is 552. The summed E-state index contributed by atoms with van der Waals surface area (Å²) < 4.78 is 0. The number of H-pyrrole nitrogens is 1. The van der Waals surface area contributed by atoms with Gasteiger partial charge in [-0.15, -0.1) is 10.2 Å². The molecule has 0 bridgehead atoms. The van der Waals surface area contributed by atoms with E-state index in [1.807, 2.05) is 30.3 Å². The Morgan fingerprint density at radius 3 is 2.67 bits per heavy atom. The largest absolute Gasteiger partial charge is 0.353 e. The van der Waals surface area contributed by atoms with Crippen molar-refractivity contribution < 1.29 is 0 Å². The van der Waals surface area contributed by atoms with Crippen LogP contribution in [0, 0.1) is 0 Å². The van der Waals surface area contributed by atoms with Crippen molar-refractivity contribution in [3.05, 3.63) is 51.9 Å². The Labute approximate surface area is 104 Å². The monoisotopic (exact) mass is 245 g/mol. The van der Waals surface area contributed by atoms with Crippen LogP contribution in [-0.4, -0.2) is 28.3 Å². The number of aromatic nitrogens is 3. The maximum atomic E-state index is 11.8. The molecule has 2 rings (SSSR count). The minimum Gasteiger partial charge on any atom is -0.353 e. The zero-order valence-electron chi connectivity index (χ0n) is 9.89. The molecular formula is C12H15N5O. The highest BCUT2D eigenvalue weighted by molar-refractivity contribution is 5.24. The van der Waals surface area contributed by atoms with Crippen LogP contribution in [0.15, 0.2) is 35.1 Å². The number of benzene rings is 1. The molecule has 1 aromatic heterocycles. The Morgan fingerprint density at radius 1 is 1.22 bits per heavy atom. The van der Waals surface area contributed by atoms with E-state index >= 15 is 0 Å². The summed E-state index contributed by atoms with van der Waals surface area (Å²) in [6.45, 7) is 1.01. The third-order valence-corrected chi connectivity index (χ3v) is 2.42. The van der Waals surface area contributed by atoms with Gasteiger partial charge in [-0.25, -0.2) is 0 Å². The van der Waals surface area contributed by atoms with E-state index in [0.29, 0.717) is 31.2 Å². The fourth-order valence-corrected chi connectivity index (χ4v) is 1.54. The Morgan fingerprint density at radius 2 is 2.00 bits per heavy atom. The molecule has 0 aliphatic carbocycles. The molecule has 0 fully saturated rings. The first kappa shape index (κ1) is 12.3. The van der Waals surface area contributed by atoms with Crippen LogP contribution in [-0.2, 0) is 6.42 Å². The Hall–Kier alpha value is -2.21. The van der Waals surface area contributed by atoms with Crippen molar-refractivity contribution in [3.63, 3.8) is 0 Å². The molecular weight excluding hydrogens is 230 g/mol. The maximum absolute atomic E-state index is 11.8. The van der Waals surface area contributed by atoms with Gasteiger partial charge >= 0.3 is 0 Å². The number of aromatic amines is 1. The number of nitrogens with one attached hydrogen (secondary N) is 2. The summed E-state index contributed by atoms with van der Waals surface area (Å²) in [5.41, 5.74) is 6.55. The van der Waals surface area contributed by atoms with Gasteiger partial charge in [0.05, 0.1) is 0 Å². The predicted molar refractivity (Wildman–Crippen MR) is 69.4 cm³/mol. The van der Waals surface area contributed by atoms with E-state index in [1.54, 1.807) is 0 Å². The molecule has 1 heterocycles. The van der Waals surface area contributed by atoms with E-state index in [0.717, 1.165) is 5.56 Å². The van der Waals surface area contributed by atoms with E-state index in [2.05, 4.69) is 20.5 Å². The summed E-state index contributed by atoms with van der Waals surface area (Å²) in [5.74, 6) is 0.349. The number of anilines is 1. The van der Waals surface area contributed by atoms with Crippen LogP contribution in [0.25, 0.3) is 0 Å². The fourth-order valence-electron chi connectivity index (χ4n) is 1.54. The van der Waals surface area contributed by atoms with Crippen molar-refractivity contribution >= 4 is 5.95 Å². The minimum atomic E-state index is -0.228. The SMILES string of the molecule is NCCNc1nnc(Cc2ccccc2)c(=O)[nH]1. The van der Waals surface area contributed by atoms with Crippen LogP contribution in [0.3, 0.4) is 0 Å². The first-order valence-electron chi connectivity index (χ1n) is 5.73. The quantitative estimate of drug-likeness (QED) is 0.695. The first-order valence-corrected chi connectivity index (χ1v) is 5.73. The van der Waals surface area contributed by atoms with Crippen molar-refractivity contribution in [3.8, 4) is 0 Å². The van der Waals surface area contributed by atoms with Gasteiger partial charge in [-0.1, -0.05) is 30.3 Å². The molecule has 2 aromatic rings. The second-order valence-corrected chi connectivity index (χ2v) is 3.83. The second kappa shape index (κ2) is 5.92. The zero-order valence-corrected chi connectivity index (χ0v) is 9.89. The number of nitrogens with zero attached hydrogens (tertiary/aromatic N) is 2. The predicted octanol–water partition coefficient (Wildman–Crippen LogP) is 0.126. The van der Waals surface area contributed by atoms with Gasteiger partial charge in [-0.3, -0.25) is 9.78 Å². The molecule has 0 atom stereocenters. The Balaban J connectivity index is 2.13. The molecule has 0 amide bonds. The average molecular weight is 245 g/mol. The van der Waals surface area contributed by atoms with E-state index in [4.69, 9.17) is 5.73 Å². The number of hydrogen-bond acceptors (Lipinski definition) is 5. The van der Waals surface area contributed by atoms with Gasteiger partial charge in [-0.05, 0) is 5.56 Å². The lowest BCUT2D eigenvalue weighted by atomic mass is 10.1. The maximum Gasteiger partial charge on any atom is 0.274 e. The molecule has 94 valence electrons. The standard InChI is InChI=1S/C12H15N5O/c13-6-7-14-12-15-11(18)10(16-17-12)8-9-4-2-1-3-5-9/h1-5H,6-8,13H2,(H2,14,15,17,18). The van der Waals surface area contributed by atoms with Gasteiger partial charge in [0.1, 0.15) is 5.69 Å². The van der Waals surface area contributed by atoms with Crippen molar-refractivity contribution in [2.24, 2.45) is 5.73 Å². The van der Waals surface area contributed by atoms with Gasteiger partial charge in [0.15, 0.2) is 0 Å². The fraction of sp³-hybridized carbons (Fsp3) is 0.250. The Kier molecular flexibility index (Phi) is 4.03. The van der Waals surface area contributed by atoms with Gasteiger partial charge < -0.3 is 11.1 Å². The van der Waals surface area contributed by atoms with Crippen LogP contribution in [0.1, 0.15) is 11.3 Å². The van der Waals surface area contributed by atoms with E-state index in [-0.39, 0.29) is 5.56 Å². The van der Waals surface area contributed by atoms with Gasteiger partial charge in [0, 0.05) is 19.5 Å². The van der Waals surface area contributed by atoms with Gasteiger partial charge in [0.25, 0.3) is 5.56 Å². The van der Waals surface area contributed by atoms with Crippen molar-refractivity contribution in [1.82, 2.24) is 15.2 Å². The highest BCUT2D eigenvalue weighted by Crippen LogP contribution is 2.03. The molecule has 0 saturated carbocycles. The lowest BCUT2D eigenvalue weighted by Gasteiger charge is -2.03. The molecule has 0 spiro atoms. The second-order valence-electron chi connectivity index (χ2n) is 3.83. The number of hydrogen-bond donors (Lipinski definition) is 3. The highest BCUT2D eigenvalue weighted by atomic mass is 16.1. The van der Waals surface area contributed by atoms with Crippen molar-refractivity contribution in [1.29, 1.82) is 0 Å². The molecule has 4 N–H and O–H groups in total. The van der Waals surface area contributed by atoms with Crippen LogP contribution >= 0.6 is 0 Å². The normalized spacial score (nSPS) is 10.3. The average Bonchev–Trinajstić information content (AvgIpc) is 2.40. The van der Waals surface area contributed by atoms with Gasteiger partial charge in [0.2, 0.25) is 5.95 Å². The van der Waals surface area contributed by atoms with Crippen molar-refractivity contribution in [2.45, 2.75) is 6.42 Å². The third kappa shape index (κ3) is 3.14. The van der Waals surface area contributed by atoms with Crippen LogP contribution < -0.4 is 16.6 Å². The molecule has 0 unspecified atom stereocenters. The summed E-state index contributed by atoms with van der Waals surface area (Å²) in [6, 6.07) is 9.67. The molecule has 18 heavy (non-hydrogen) atoms. The molecule has 0 saturated heterocycles. The van der Waals surface area contributed by atoms with Crippen molar-refractivity contribution in [2.75, 3.05) is 18.4 Å². The summed E-state index contributed by atoms with van der Waals surface area (Å²) in [5, 5.41) is 10.7. The number of rotatable bonds is 5. The first-order chi connectivity index (χ1) is 8.79. The van der Waals surface area contributed by atoms with Crippen LogP contribution in [0.2, 0.25) is 0 Å². The van der Waals surface area contributed by atoms with Gasteiger partial charge in [-0.2, -0.15) is 0 Å².